The van der Waals surface area contributed by atoms with E-state index < -0.39 is 0 Å². The number of hydrogen-bond donors (Lipinski definition) is 0. The summed E-state index contributed by atoms with van der Waals surface area (Å²) < 4.78 is 2.42. The van der Waals surface area contributed by atoms with Gasteiger partial charge in [-0.2, -0.15) is 0 Å². The molecule has 234 valence electrons. The van der Waals surface area contributed by atoms with Gasteiger partial charge in [-0.3, -0.25) is 0 Å². The largest absolute Gasteiger partial charge is 0.333 e. The molecule has 2 unspecified atom stereocenters. The van der Waals surface area contributed by atoms with Crippen molar-refractivity contribution < 1.29 is 0 Å². The predicted octanol–water partition coefficient (Wildman–Crippen LogP) is 12.6. The minimum absolute atomic E-state index is 0.194. The number of nitrogens with zero attached hydrogens (tertiary/aromatic N) is 2. The van der Waals surface area contributed by atoms with Crippen molar-refractivity contribution in [3.8, 4) is 16.8 Å². The number of hydrogen-bond acceptors (Lipinski definition) is 1. The Morgan fingerprint density at radius 2 is 1.02 bits per heavy atom. The zero-order valence-electron chi connectivity index (χ0n) is 27.4. The molecule has 8 aromatic carbocycles. The quantitative estimate of drug-likeness (QED) is 0.175. The van der Waals surface area contributed by atoms with Gasteiger partial charge in [0.1, 0.15) is 0 Å². The topological polar surface area (TPSA) is 8.17 Å². The van der Waals surface area contributed by atoms with Gasteiger partial charge in [0, 0.05) is 33.8 Å². The highest BCUT2D eigenvalue weighted by atomic mass is 15.2. The predicted molar refractivity (Wildman–Crippen MR) is 212 cm³/mol. The van der Waals surface area contributed by atoms with Crippen molar-refractivity contribution in [3.05, 3.63) is 188 Å². The van der Waals surface area contributed by atoms with Crippen LogP contribution < -0.4 is 4.90 Å². The maximum atomic E-state index is 2.58. The van der Waals surface area contributed by atoms with Crippen molar-refractivity contribution in [1.29, 1.82) is 0 Å². The van der Waals surface area contributed by atoms with Crippen LogP contribution in [0.3, 0.4) is 0 Å². The first-order valence-corrected chi connectivity index (χ1v) is 17.5. The average molecular weight is 637 g/mol. The fraction of sp³-hybridized carbons (Fsp3) is 0.0417. The van der Waals surface area contributed by atoms with Gasteiger partial charge in [-0.15, -0.1) is 0 Å². The third kappa shape index (κ3) is 3.85. The van der Waals surface area contributed by atoms with Crippen LogP contribution >= 0.6 is 0 Å². The summed E-state index contributed by atoms with van der Waals surface area (Å²) in [6.07, 6.45) is 9.22. The Morgan fingerprint density at radius 3 is 1.80 bits per heavy atom. The molecular formula is C48H32N2. The second-order valence-corrected chi connectivity index (χ2v) is 13.6. The van der Waals surface area contributed by atoms with Gasteiger partial charge < -0.3 is 9.47 Å². The van der Waals surface area contributed by atoms with E-state index in [2.05, 4.69) is 191 Å². The van der Waals surface area contributed by atoms with Crippen LogP contribution in [0.1, 0.15) is 11.5 Å². The van der Waals surface area contributed by atoms with E-state index >= 15 is 0 Å². The molecule has 0 N–H and O–H groups in total. The molecule has 0 saturated heterocycles. The number of aromatic nitrogens is 1. The van der Waals surface area contributed by atoms with E-state index in [1.165, 1.54) is 87.9 Å². The Bertz CT molecular complexity index is 2850. The number of allylic oxidation sites excluding steroid dienone is 2. The molecule has 0 bridgehead atoms. The molecule has 0 radical (unpaired) electrons. The summed E-state index contributed by atoms with van der Waals surface area (Å²) in [5.74, 6) is 0.242. The minimum Gasteiger partial charge on any atom is -0.333 e. The number of fused-ring (bicyclic) bond motifs is 12. The van der Waals surface area contributed by atoms with Gasteiger partial charge in [0.15, 0.2) is 0 Å². The molecule has 50 heavy (non-hydrogen) atoms. The normalized spacial score (nSPS) is 16.6. The van der Waals surface area contributed by atoms with Gasteiger partial charge in [0.25, 0.3) is 0 Å². The summed E-state index contributed by atoms with van der Waals surface area (Å²) >= 11 is 0. The first-order valence-electron chi connectivity index (χ1n) is 17.5. The molecule has 2 heterocycles. The summed E-state index contributed by atoms with van der Waals surface area (Å²) in [5.41, 5.74) is 10.1. The Labute approximate surface area is 290 Å². The Kier molecular flexibility index (Phi) is 5.82. The lowest BCUT2D eigenvalue weighted by Crippen LogP contribution is -2.28. The van der Waals surface area contributed by atoms with Crippen molar-refractivity contribution in [1.82, 2.24) is 4.57 Å². The molecule has 11 rings (SSSR count). The van der Waals surface area contributed by atoms with E-state index in [1.54, 1.807) is 0 Å². The average Bonchev–Trinajstić information content (AvgIpc) is 3.71. The minimum atomic E-state index is 0.194. The molecule has 0 saturated carbocycles. The summed E-state index contributed by atoms with van der Waals surface area (Å²) in [7, 11) is 0. The van der Waals surface area contributed by atoms with E-state index in [4.69, 9.17) is 0 Å². The third-order valence-corrected chi connectivity index (χ3v) is 11.1. The molecular weight excluding hydrogens is 605 g/mol. The van der Waals surface area contributed by atoms with Gasteiger partial charge in [-0.25, -0.2) is 0 Å². The molecule has 2 heteroatoms. The molecule has 0 spiro atoms. The number of rotatable bonds is 3. The summed E-state index contributed by atoms with van der Waals surface area (Å²) in [6, 6.07) is 58.4. The van der Waals surface area contributed by atoms with Crippen LogP contribution in [-0.2, 0) is 0 Å². The lowest BCUT2D eigenvalue weighted by Gasteiger charge is -2.29. The summed E-state index contributed by atoms with van der Waals surface area (Å²) in [4.78, 5) is 2.58. The molecule has 0 amide bonds. The Hall–Kier alpha value is -6.38. The van der Waals surface area contributed by atoms with E-state index in [9.17, 15) is 0 Å². The van der Waals surface area contributed by atoms with Crippen LogP contribution in [0, 0.1) is 0 Å². The van der Waals surface area contributed by atoms with Gasteiger partial charge in [0.2, 0.25) is 0 Å². The molecule has 1 aliphatic heterocycles. The van der Waals surface area contributed by atoms with Crippen molar-refractivity contribution in [2.24, 2.45) is 0 Å². The zero-order valence-corrected chi connectivity index (χ0v) is 27.4. The lowest BCUT2D eigenvalue weighted by atomic mass is 9.86. The molecule has 0 fully saturated rings. The molecule has 9 aromatic rings. The number of benzene rings is 8. The highest BCUT2D eigenvalue weighted by molar-refractivity contribution is 6.25. The van der Waals surface area contributed by atoms with Crippen LogP contribution in [0.25, 0.3) is 70.9 Å². The summed E-state index contributed by atoms with van der Waals surface area (Å²) in [6.45, 7) is 0. The van der Waals surface area contributed by atoms with Crippen LogP contribution in [0.5, 0.6) is 0 Å². The maximum Gasteiger partial charge on any atom is 0.0629 e. The monoisotopic (exact) mass is 636 g/mol. The molecule has 2 nitrogen and oxygen atoms in total. The van der Waals surface area contributed by atoms with Crippen molar-refractivity contribution in [2.75, 3.05) is 4.90 Å². The fourth-order valence-electron chi connectivity index (χ4n) is 8.98. The first-order chi connectivity index (χ1) is 24.8. The van der Waals surface area contributed by atoms with E-state index in [0.717, 1.165) is 0 Å². The van der Waals surface area contributed by atoms with Gasteiger partial charge >= 0.3 is 0 Å². The SMILES string of the molecule is C1=CC2c3c(-c4ccc5c6ccccc6n(-c6ccccc6)c5c4)cccc3N(c3ccc4c5ccccc5c5ccccc5c4c3)C2C=C1. The van der Waals surface area contributed by atoms with Crippen molar-refractivity contribution in [2.45, 2.75) is 12.0 Å². The Morgan fingerprint density at radius 1 is 0.400 bits per heavy atom. The van der Waals surface area contributed by atoms with Crippen LogP contribution in [0.15, 0.2) is 182 Å². The number of para-hydroxylation sites is 2. The van der Waals surface area contributed by atoms with Crippen LogP contribution in [-0.4, -0.2) is 10.6 Å². The van der Waals surface area contributed by atoms with Gasteiger partial charge in [-0.05, 0) is 91.5 Å². The fourth-order valence-corrected chi connectivity index (χ4v) is 8.98. The third-order valence-electron chi connectivity index (χ3n) is 11.1. The van der Waals surface area contributed by atoms with Gasteiger partial charge in [-0.1, -0.05) is 140 Å². The summed E-state index contributed by atoms with van der Waals surface area (Å²) in [5, 5.41) is 10.4. The molecule has 2 aliphatic rings. The first kappa shape index (κ1) is 27.6. The van der Waals surface area contributed by atoms with Crippen LogP contribution in [0.2, 0.25) is 0 Å². The zero-order chi connectivity index (χ0) is 32.8. The molecule has 1 aliphatic carbocycles. The van der Waals surface area contributed by atoms with E-state index in [1.807, 2.05) is 0 Å². The lowest BCUT2D eigenvalue weighted by molar-refractivity contribution is 0.746. The second-order valence-electron chi connectivity index (χ2n) is 13.6. The standard InChI is InChI=1S/C48H32N2/c1-2-13-32(14-3-1)49-44-22-10-8-19-40(44)41-27-25-31(29-47(41)49)34-21-12-24-46-48(34)42-20-9-11-23-45(42)50(46)33-26-28-39-37-17-5-4-15-35(37)36-16-6-7-18-38(36)43(39)30-33/h1-30,42,45H. The Balaban J connectivity index is 1.13. The van der Waals surface area contributed by atoms with Crippen LogP contribution in [0.4, 0.5) is 11.4 Å². The van der Waals surface area contributed by atoms with Crippen molar-refractivity contribution in [3.63, 3.8) is 0 Å². The molecule has 2 atom stereocenters. The van der Waals surface area contributed by atoms with E-state index in [-0.39, 0.29) is 12.0 Å². The van der Waals surface area contributed by atoms with Gasteiger partial charge in [0.05, 0.1) is 17.1 Å². The van der Waals surface area contributed by atoms with Crippen molar-refractivity contribution >= 4 is 65.5 Å². The molecule has 1 aromatic heterocycles. The maximum absolute atomic E-state index is 2.58. The highest BCUT2D eigenvalue weighted by Gasteiger charge is 2.39. The number of anilines is 2. The highest BCUT2D eigenvalue weighted by Crippen LogP contribution is 2.52. The smallest absolute Gasteiger partial charge is 0.0629 e. The second kappa shape index (κ2) is 10.6. The van der Waals surface area contributed by atoms with E-state index in [0.29, 0.717) is 0 Å².